The van der Waals surface area contributed by atoms with E-state index < -0.39 is 0 Å². The molecule has 1 amide bonds. The number of aromatic nitrogens is 3. The van der Waals surface area contributed by atoms with E-state index in [0.717, 1.165) is 54.1 Å². The van der Waals surface area contributed by atoms with Crippen molar-refractivity contribution in [1.29, 1.82) is 0 Å². The zero-order valence-electron chi connectivity index (χ0n) is 16.7. The zero-order chi connectivity index (χ0) is 19.7. The maximum atomic E-state index is 13.2. The average Bonchev–Trinajstić information content (AvgIpc) is 3.05. The predicted molar refractivity (Wildman–Crippen MR) is 108 cm³/mol. The molecule has 1 aliphatic heterocycles. The van der Waals surface area contributed by atoms with Crippen molar-refractivity contribution >= 4 is 11.6 Å². The van der Waals surface area contributed by atoms with Gasteiger partial charge in [-0.2, -0.15) is 5.10 Å². The van der Waals surface area contributed by atoms with Gasteiger partial charge in [0.1, 0.15) is 0 Å². The predicted octanol–water partition coefficient (Wildman–Crippen LogP) is 3.72. The minimum atomic E-state index is 0.0164. The molecule has 1 fully saturated rings. The summed E-state index contributed by atoms with van der Waals surface area (Å²) >= 11 is 0. The number of carbonyl (C=O) groups excluding carboxylic acids is 1. The molecule has 0 atom stereocenters. The van der Waals surface area contributed by atoms with E-state index in [2.05, 4.69) is 24.0 Å². The van der Waals surface area contributed by atoms with Crippen molar-refractivity contribution in [2.45, 2.75) is 33.3 Å². The summed E-state index contributed by atoms with van der Waals surface area (Å²) in [6.07, 6.45) is 3.78. The summed E-state index contributed by atoms with van der Waals surface area (Å²) in [5.74, 6) is 0.688. The van der Waals surface area contributed by atoms with Crippen LogP contribution in [0.3, 0.4) is 0 Å². The van der Waals surface area contributed by atoms with E-state index in [1.807, 2.05) is 30.0 Å². The van der Waals surface area contributed by atoms with Gasteiger partial charge in [-0.1, -0.05) is 37.3 Å². The first-order chi connectivity index (χ1) is 13.6. The molecular formula is C22H26N4O2. The molecule has 2 aromatic heterocycles. The Bertz CT molecular complexity index is 989. The largest absolute Gasteiger partial charge is 0.378 e. The fraction of sp³-hybridized carbons (Fsp3) is 0.409. The summed E-state index contributed by atoms with van der Waals surface area (Å²) in [6, 6.07) is 10.1. The molecule has 28 heavy (non-hydrogen) atoms. The van der Waals surface area contributed by atoms with Gasteiger partial charge in [0.05, 0.1) is 23.6 Å². The molecule has 4 rings (SSSR count). The highest BCUT2D eigenvalue weighted by molar-refractivity contribution is 5.95. The number of likely N-dealkylation sites (tertiary alicyclic amines) is 1. The number of benzene rings is 1. The highest BCUT2D eigenvalue weighted by Crippen LogP contribution is 2.29. The van der Waals surface area contributed by atoms with Crippen LogP contribution in [-0.2, 0) is 11.3 Å². The minimum Gasteiger partial charge on any atom is -0.378 e. The van der Waals surface area contributed by atoms with Gasteiger partial charge in [0.15, 0.2) is 5.65 Å². The maximum absolute atomic E-state index is 13.2. The van der Waals surface area contributed by atoms with Crippen molar-refractivity contribution in [3.63, 3.8) is 0 Å². The maximum Gasteiger partial charge on any atom is 0.257 e. The summed E-state index contributed by atoms with van der Waals surface area (Å²) in [5, 5.41) is 4.71. The molecule has 0 N–H and O–H groups in total. The van der Waals surface area contributed by atoms with Crippen molar-refractivity contribution in [3.05, 3.63) is 53.5 Å². The Labute approximate surface area is 165 Å². The van der Waals surface area contributed by atoms with Gasteiger partial charge < -0.3 is 9.64 Å². The Morgan fingerprint density at radius 2 is 1.93 bits per heavy atom. The highest BCUT2D eigenvalue weighted by atomic mass is 16.5. The lowest BCUT2D eigenvalue weighted by atomic mass is 9.98. The number of carbonyl (C=O) groups is 1. The zero-order valence-corrected chi connectivity index (χ0v) is 16.7. The molecule has 0 unspecified atom stereocenters. The Morgan fingerprint density at radius 3 is 2.61 bits per heavy atom. The summed E-state index contributed by atoms with van der Waals surface area (Å²) in [4.78, 5) is 19.8. The number of aryl methyl sites for hydroxylation is 1. The molecule has 1 aliphatic rings. The van der Waals surface area contributed by atoms with Crippen LogP contribution in [0.2, 0.25) is 0 Å². The van der Waals surface area contributed by atoms with Crippen LogP contribution >= 0.6 is 0 Å². The molecule has 3 aromatic rings. The van der Waals surface area contributed by atoms with Crippen LogP contribution in [0.4, 0.5) is 0 Å². The van der Waals surface area contributed by atoms with Gasteiger partial charge in [-0.15, -0.1) is 0 Å². The average molecular weight is 378 g/mol. The Kier molecular flexibility index (Phi) is 5.13. The van der Waals surface area contributed by atoms with E-state index in [-0.39, 0.29) is 5.91 Å². The Balaban J connectivity index is 1.81. The van der Waals surface area contributed by atoms with Crippen LogP contribution < -0.4 is 0 Å². The van der Waals surface area contributed by atoms with E-state index in [0.29, 0.717) is 18.1 Å². The second-order valence-electron chi connectivity index (χ2n) is 7.59. The smallest absolute Gasteiger partial charge is 0.257 e. The third-order valence-electron chi connectivity index (χ3n) is 5.56. The van der Waals surface area contributed by atoms with Crippen LogP contribution in [-0.4, -0.2) is 45.6 Å². The number of fused-ring (bicyclic) bond motifs is 1. The number of ether oxygens (including phenoxy) is 1. The van der Waals surface area contributed by atoms with Gasteiger partial charge in [0.2, 0.25) is 0 Å². The Morgan fingerprint density at radius 1 is 1.21 bits per heavy atom. The molecule has 146 valence electrons. The normalized spacial score (nSPS) is 15.3. The van der Waals surface area contributed by atoms with Crippen molar-refractivity contribution in [3.8, 4) is 11.1 Å². The first-order valence-electron chi connectivity index (χ1n) is 9.81. The van der Waals surface area contributed by atoms with Crippen LogP contribution in [0, 0.1) is 12.8 Å². The topological polar surface area (TPSA) is 59.7 Å². The van der Waals surface area contributed by atoms with Crippen LogP contribution in [0.5, 0.6) is 0 Å². The molecule has 0 bridgehead atoms. The molecule has 3 heterocycles. The molecule has 0 spiro atoms. The molecule has 6 nitrogen and oxygen atoms in total. The van der Waals surface area contributed by atoms with E-state index in [1.165, 1.54) is 0 Å². The molecule has 6 heteroatoms. The van der Waals surface area contributed by atoms with E-state index in [1.54, 1.807) is 17.8 Å². The van der Waals surface area contributed by atoms with Crippen molar-refractivity contribution in [2.75, 3.05) is 20.2 Å². The lowest BCUT2D eigenvalue weighted by molar-refractivity contribution is 0.0690. The minimum absolute atomic E-state index is 0.0164. The molecule has 0 saturated carbocycles. The number of methoxy groups -OCH3 is 1. The van der Waals surface area contributed by atoms with Gasteiger partial charge in [0.25, 0.3) is 5.91 Å². The molecule has 0 aliphatic carbocycles. The van der Waals surface area contributed by atoms with Crippen molar-refractivity contribution < 1.29 is 9.53 Å². The summed E-state index contributed by atoms with van der Waals surface area (Å²) < 4.78 is 7.21. The van der Waals surface area contributed by atoms with E-state index >= 15 is 0 Å². The number of amides is 1. The Hall–Kier alpha value is -2.73. The fourth-order valence-corrected chi connectivity index (χ4v) is 3.92. The molecule has 1 saturated heterocycles. The summed E-state index contributed by atoms with van der Waals surface area (Å²) in [6.45, 7) is 6.10. The monoisotopic (exact) mass is 378 g/mol. The number of piperidine rings is 1. The highest BCUT2D eigenvalue weighted by Gasteiger charge is 2.26. The first-order valence-corrected chi connectivity index (χ1v) is 9.81. The second-order valence-corrected chi connectivity index (χ2v) is 7.59. The summed E-state index contributed by atoms with van der Waals surface area (Å²) in [7, 11) is 1.64. The third kappa shape index (κ3) is 3.29. The summed E-state index contributed by atoms with van der Waals surface area (Å²) in [5.41, 5.74) is 5.01. The molecule has 0 radical (unpaired) electrons. The van der Waals surface area contributed by atoms with Crippen LogP contribution in [0.15, 0.2) is 36.5 Å². The van der Waals surface area contributed by atoms with Crippen LogP contribution in [0.25, 0.3) is 16.8 Å². The number of hydrogen-bond acceptors (Lipinski definition) is 4. The number of rotatable bonds is 4. The van der Waals surface area contributed by atoms with Gasteiger partial charge in [0, 0.05) is 32.0 Å². The van der Waals surface area contributed by atoms with E-state index in [4.69, 9.17) is 9.84 Å². The van der Waals surface area contributed by atoms with Gasteiger partial charge in [-0.25, -0.2) is 9.50 Å². The number of nitrogens with zero attached hydrogens (tertiary/aromatic N) is 4. The SMILES string of the molecule is COCc1c(C(=O)N2CCC(C)CC2)cnc2c(-c3ccccc3)c(C)nn12. The lowest BCUT2D eigenvalue weighted by Crippen LogP contribution is -2.38. The third-order valence-corrected chi connectivity index (χ3v) is 5.56. The molecule has 1 aromatic carbocycles. The van der Waals surface area contributed by atoms with Crippen LogP contribution in [0.1, 0.15) is 41.5 Å². The van der Waals surface area contributed by atoms with Gasteiger partial charge in [-0.05, 0) is 31.2 Å². The van der Waals surface area contributed by atoms with Crippen molar-refractivity contribution in [1.82, 2.24) is 19.5 Å². The fourth-order valence-electron chi connectivity index (χ4n) is 3.92. The first kappa shape index (κ1) is 18.6. The van der Waals surface area contributed by atoms with E-state index in [9.17, 15) is 4.79 Å². The standard InChI is InChI=1S/C22H26N4O2/c1-15-9-11-25(12-10-15)22(27)18-13-23-21-20(17-7-5-4-6-8-17)16(2)24-26(21)19(18)14-28-3/h4-8,13,15H,9-12,14H2,1-3H3. The lowest BCUT2D eigenvalue weighted by Gasteiger charge is -2.30. The van der Waals surface area contributed by atoms with Gasteiger partial charge in [-0.3, -0.25) is 4.79 Å². The number of hydrogen-bond donors (Lipinski definition) is 0. The second kappa shape index (κ2) is 7.72. The van der Waals surface area contributed by atoms with Gasteiger partial charge >= 0.3 is 0 Å². The quantitative estimate of drug-likeness (QED) is 0.694. The van der Waals surface area contributed by atoms with Crippen molar-refractivity contribution in [2.24, 2.45) is 5.92 Å². The molecular weight excluding hydrogens is 352 g/mol.